The van der Waals surface area contributed by atoms with E-state index in [0.29, 0.717) is 6.42 Å². The van der Waals surface area contributed by atoms with E-state index in [1.165, 1.54) is 0 Å². The monoisotopic (exact) mass is 337 g/mol. The van der Waals surface area contributed by atoms with Gasteiger partial charge < -0.3 is 37.6 Å². The molecule has 0 saturated carbocycles. The zero-order chi connectivity index (χ0) is 18.6. The lowest BCUT2D eigenvalue weighted by Crippen LogP contribution is -2.33. The van der Waals surface area contributed by atoms with Crippen LogP contribution in [0.1, 0.15) is 32.1 Å². The van der Waals surface area contributed by atoms with Crippen LogP contribution in [0, 0.1) is 0 Å². The smallest absolute Gasteiger partial charge is 0.320 e. The fourth-order valence-corrected chi connectivity index (χ4v) is 1.21. The molecule has 0 amide bonds. The number of carboxylic acids is 4. The van der Waals surface area contributed by atoms with Crippen LogP contribution in [-0.4, -0.2) is 62.4 Å². The highest BCUT2D eigenvalue weighted by Gasteiger charge is 2.14. The molecule has 0 aromatic heterocycles. The minimum Gasteiger partial charge on any atom is -0.481 e. The Morgan fingerprint density at radius 3 is 1.22 bits per heavy atom. The quantitative estimate of drug-likeness (QED) is 0.236. The van der Waals surface area contributed by atoms with E-state index < -0.39 is 42.0 Å². The van der Waals surface area contributed by atoms with Crippen molar-refractivity contribution in [1.82, 2.24) is 0 Å². The zero-order valence-corrected chi connectivity index (χ0v) is 12.4. The molecule has 0 spiro atoms. The Balaban J connectivity index is 0. The molecule has 3 atom stereocenters. The van der Waals surface area contributed by atoms with Gasteiger partial charge in [-0.3, -0.25) is 19.2 Å². The standard InChI is InChI=1S/C7H14N2O4.C5H9NO4/c8-4(6(10)11)2-1-3-5(9)7(12)13;6-3(5(9)10)1-2-4(7)8/h4-5H,1-3,8-9H2,(H,10,11)(H,12,13);3H,1-2,6H2,(H,7,8)(H,9,10)/t;3-/m.1/s1. The van der Waals surface area contributed by atoms with Crippen LogP contribution in [-0.2, 0) is 19.2 Å². The maximum absolute atomic E-state index is 10.2. The Bertz CT molecular complexity index is 395. The van der Waals surface area contributed by atoms with E-state index in [2.05, 4.69) is 0 Å². The van der Waals surface area contributed by atoms with Crippen molar-refractivity contribution < 1.29 is 39.6 Å². The molecule has 0 heterocycles. The van der Waals surface area contributed by atoms with E-state index in [1.54, 1.807) is 0 Å². The summed E-state index contributed by atoms with van der Waals surface area (Å²) in [5.74, 6) is -4.36. The van der Waals surface area contributed by atoms with E-state index in [4.69, 9.17) is 37.6 Å². The van der Waals surface area contributed by atoms with Crippen LogP contribution in [0.5, 0.6) is 0 Å². The Labute approximate surface area is 132 Å². The summed E-state index contributed by atoms with van der Waals surface area (Å²) < 4.78 is 0. The highest BCUT2D eigenvalue weighted by atomic mass is 16.4. The molecule has 2 unspecified atom stereocenters. The molecule has 10 N–H and O–H groups in total. The lowest BCUT2D eigenvalue weighted by molar-refractivity contribution is -0.141. The van der Waals surface area contributed by atoms with E-state index in [0.717, 1.165) is 0 Å². The molecule has 0 aromatic carbocycles. The van der Waals surface area contributed by atoms with Gasteiger partial charge in [-0.2, -0.15) is 0 Å². The van der Waals surface area contributed by atoms with Crippen LogP contribution in [0.25, 0.3) is 0 Å². The number of aliphatic carboxylic acids is 4. The number of rotatable bonds is 10. The Morgan fingerprint density at radius 1 is 0.652 bits per heavy atom. The molecule has 11 heteroatoms. The van der Waals surface area contributed by atoms with Crippen molar-refractivity contribution in [3.8, 4) is 0 Å². The van der Waals surface area contributed by atoms with Crippen LogP contribution >= 0.6 is 0 Å². The van der Waals surface area contributed by atoms with Crippen molar-refractivity contribution >= 4 is 23.9 Å². The first-order chi connectivity index (χ1) is 10.5. The fourth-order valence-electron chi connectivity index (χ4n) is 1.21. The minimum absolute atomic E-state index is 0.0231. The zero-order valence-electron chi connectivity index (χ0n) is 12.4. The lowest BCUT2D eigenvalue weighted by atomic mass is 10.1. The van der Waals surface area contributed by atoms with Gasteiger partial charge in [0.2, 0.25) is 0 Å². The van der Waals surface area contributed by atoms with E-state index in [1.807, 2.05) is 0 Å². The third-order valence-electron chi connectivity index (χ3n) is 2.65. The van der Waals surface area contributed by atoms with E-state index in [-0.39, 0.29) is 25.7 Å². The average Bonchev–Trinajstić information content (AvgIpc) is 2.44. The van der Waals surface area contributed by atoms with Crippen molar-refractivity contribution in [3.63, 3.8) is 0 Å². The first-order valence-electron chi connectivity index (χ1n) is 6.66. The number of nitrogens with two attached hydrogens (primary N) is 3. The second-order valence-corrected chi connectivity index (χ2v) is 4.70. The summed E-state index contributed by atoms with van der Waals surface area (Å²) in [4.78, 5) is 40.3. The molecular weight excluding hydrogens is 314 g/mol. The van der Waals surface area contributed by atoms with Crippen molar-refractivity contribution in [3.05, 3.63) is 0 Å². The lowest BCUT2D eigenvalue weighted by Gasteiger charge is -2.07. The molecule has 0 fully saturated rings. The third-order valence-corrected chi connectivity index (χ3v) is 2.65. The van der Waals surface area contributed by atoms with Gasteiger partial charge in [-0.05, 0) is 25.7 Å². The second kappa shape index (κ2) is 12.3. The summed E-state index contributed by atoms with van der Waals surface area (Å²) in [6.07, 6.45) is 0.672. The van der Waals surface area contributed by atoms with Crippen molar-refractivity contribution in [1.29, 1.82) is 0 Å². The molecule has 11 nitrogen and oxygen atoms in total. The first-order valence-corrected chi connectivity index (χ1v) is 6.66. The summed E-state index contributed by atoms with van der Waals surface area (Å²) in [5, 5.41) is 33.0. The highest BCUT2D eigenvalue weighted by molar-refractivity contribution is 5.74. The molecule has 0 radical (unpaired) electrons. The Hall–Kier alpha value is -2.24. The summed E-state index contributed by atoms with van der Waals surface area (Å²) in [5.41, 5.74) is 15.4. The third kappa shape index (κ3) is 14.5. The van der Waals surface area contributed by atoms with Gasteiger partial charge in [0.25, 0.3) is 0 Å². The number of hydrogen-bond donors (Lipinski definition) is 7. The fraction of sp³-hybridized carbons (Fsp3) is 0.667. The summed E-state index contributed by atoms with van der Waals surface area (Å²) in [6, 6.07) is -2.92. The molecule has 0 bridgehead atoms. The van der Waals surface area contributed by atoms with Gasteiger partial charge in [-0.1, -0.05) is 0 Å². The van der Waals surface area contributed by atoms with Crippen molar-refractivity contribution in [2.24, 2.45) is 17.2 Å². The van der Waals surface area contributed by atoms with Gasteiger partial charge in [0.1, 0.15) is 18.1 Å². The Kier molecular flexibility index (Phi) is 12.3. The molecule has 0 aliphatic carbocycles. The minimum atomic E-state index is -1.17. The van der Waals surface area contributed by atoms with Gasteiger partial charge in [0.15, 0.2) is 0 Å². The summed E-state index contributed by atoms with van der Waals surface area (Å²) in [7, 11) is 0. The van der Waals surface area contributed by atoms with Gasteiger partial charge in [-0.15, -0.1) is 0 Å². The molecule has 0 rings (SSSR count). The van der Waals surface area contributed by atoms with Gasteiger partial charge in [0, 0.05) is 6.42 Å². The van der Waals surface area contributed by atoms with Gasteiger partial charge in [-0.25, -0.2) is 0 Å². The van der Waals surface area contributed by atoms with E-state index in [9.17, 15) is 19.2 Å². The average molecular weight is 337 g/mol. The van der Waals surface area contributed by atoms with E-state index >= 15 is 0 Å². The van der Waals surface area contributed by atoms with Gasteiger partial charge in [0.05, 0.1) is 0 Å². The Morgan fingerprint density at radius 2 is 0.957 bits per heavy atom. The first kappa shape index (κ1) is 23.0. The maximum atomic E-state index is 10.2. The molecule has 0 aliphatic heterocycles. The normalized spacial score (nSPS) is 13.9. The van der Waals surface area contributed by atoms with Gasteiger partial charge >= 0.3 is 23.9 Å². The maximum Gasteiger partial charge on any atom is 0.320 e. The van der Waals surface area contributed by atoms with Crippen LogP contribution in [0.4, 0.5) is 0 Å². The number of hydrogen-bond acceptors (Lipinski definition) is 7. The predicted octanol–water partition coefficient (Wildman–Crippen LogP) is -1.76. The molecule has 0 aromatic rings. The molecule has 0 aliphatic rings. The number of carbonyl (C=O) groups is 4. The molecule has 0 saturated heterocycles. The molecular formula is C12H23N3O8. The summed E-state index contributed by atoms with van der Waals surface area (Å²) >= 11 is 0. The highest BCUT2D eigenvalue weighted by Crippen LogP contribution is 2.01. The second-order valence-electron chi connectivity index (χ2n) is 4.70. The molecule has 23 heavy (non-hydrogen) atoms. The topological polar surface area (TPSA) is 227 Å². The molecule has 134 valence electrons. The summed E-state index contributed by atoms with van der Waals surface area (Å²) in [6.45, 7) is 0. The SMILES string of the molecule is NC(CCCC(N)C(=O)O)C(=O)O.N[C@H](CCC(=O)O)C(=O)O. The largest absolute Gasteiger partial charge is 0.481 e. The van der Waals surface area contributed by atoms with Crippen LogP contribution < -0.4 is 17.2 Å². The van der Waals surface area contributed by atoms with Crippen LogP contribution in [0.15, 0.2) is 0 Å². The van der Waals surface area contributed by atoms with Crippen molar-refractivity contribution in [2.45, 2.75) is 50.2 Å². The van der Waals surface area contributed by atoms with Crippen LogP contribution in [0.3, 0.4) is 0 Å². The predicted molar refractivity (Wildman–Crippen MR) is 77.6 cm³/mol. The van der Waals surface area contributed by atoms with Crippen LogP contribution in [0.2, 0.25) is 0 Å². The van der Waals surface area contributed by atoms with Crippen molar-refractivity contribution in [2.75, 3.05) is 0 Å². The number of carboxylic acid groups (broad SMARTS) is 4.